The van der Waals surface area contributed by atoms with Gasteiger partial charge in [-0.3, -0.25) is 9.69 Å². The summed E-state index contributed by atoms with van der Waals surface area (Å²) >= 11 is 0. The van der Waals surface area contributed by atoms with E-state index in [9.17, 15) is 9.90 Å². The Morgan fingerprint density at radius 1 is 1.20 bits per heavy atom. The molecule has 2 fully saturated rings. The second kappa shape index (κ2) is 7.44. The summed E-state index contributed by atoms with van der Waals surface area (Å²) in [6.07, 6.45) is 4.03. The Balaban J connectivity index is 1.39. The molecule has 3 aliphatic carbocycles. The van der Waals surface area contributed by atoms with E-state index in [4.69, 9.17) is 9.47 Å². The highest BCUT2D eigenvalue weighted by molar-refractivity contribution is 5.95. The van der Waals surface area contributed by atoms with Crippen LogP contribution >= 0.6 is 0 Å². The lowest BCUT2D eigenvalue weighted by Crippen LogP contribution is -2.75. The minimum atomic E-state index is -1.06. The summed E-state index contributed by atoms with van der Waals surface area (Å²) in [5, 5.41) is 12.8. The van der Waals surface area contributed by atoms with Crippen molar-refractivity contribution in [3.8, 4) is 5.75 Å². The molecule has 0 aromatic heterocycles. The number of piperidine rings is 1. The number of nitrogens with zero attached hydrogens (tertiary/aromatic N) is 1. The lowest BCUT2D eigenvalue weighted by atomic mass is 9.49. The van der Waals surface area contributed by atoms with Crippen molar-refractivity contribution in [1.29, 1.82) is 0 Å². The number of aryl methyl sites for hydroxylation is 1. The molecule has 35 heavy (non-hydrogen) atoms. The molecule has 5 aliphatic rings. The van der Waals surface area contributed by atoms with Crippen LogP contribution in [0.1, 0.15) is 54.9 Å². The predicted molar refractivity (Wildman–Crippen MR) is 132 cm³/mol. The molecule has 2 bridgehead atoms. The number of carbonyl (C=O) groups excluding carboxylic acids is 1. The Morgan fingerprint density at radius 2 is 2.00 bits per heavy atom. The number of Topliss-reactive ketones (excluding diaryl/α,β-unsaturated/α-hetero) is 1. The lowest BCUT2D eigenvalue weighted by Gasteiger charge is -2.63. The van der Waals surface area contributed by atoms with Crippen LogP contribution in [0, 0.1) is 12.8 Å². The summed E-state index contributed by atoms with van der Waals surface area (Å²) in [4.78, 5) is 15.6. The molecule has 2 aromatic rings. The highest BCUT2D eigenvalue weighted by Gasteiger charge is 2.73. The van der Waals surface area contributed by atoms with Gasteiger partial charge in [0.05, 0.1) is 11.0 Å². The Hall–Kier alpha value is -2.63. The fourth-order valence-electron chi connectivity index (χ4n) is 7.50. The largest absolute Gasteiger partial charge is 0.489 e. The van der Waals surface area contributed by atoms with Gasteiger partial charge in [0, 0.05) is 30.1 Å². The first-order valence-corrected chi connectivity index (χ1v) is 13.1. The standard InChI is InChI=1S/C30H33NO4/c1-18-8-11-22-14-24-30(33)15-23(19(2)32)27(34-17-21-6-4-3-5-7-21)28-29(30,25(22)26(18)35-28)12-13-31(24)16-20-9-10-20/h3-8,11,20,24,28,33H,9-10,12-17H2,1-2H3/t24-,28+,29+,30-/m1/s1. The summed E-state index contributed by atoms with van der Waals surface area (Å²) in [7, 11) is 0. The van der Waals surface area contributed by atoms with E-state index in [1.807, 2.05) is 30.3 Å². The molecule has 5 nitrogen and oxygen atoms in total. The van der Waals surface area contributed by atoms with Crippen LogP contribution in [0.5, 0.6) is 5.75 Å². The highest BCUT2D eigenvalue weighted by atomic mass is 16.5. The Bertz CT molecular complexity index is 1250. The van der Waals surface area contributed by atoms with Gasteiger partial charge in [0.2, 0.25) is 0 Å². The second-order valence-electron chi connectivity index (χ2n) is 11.4. The first kappa shape index (κ1) is 21.6. The van der Waals surface area contributed by atoms with Gasteiger partial charge in [-0.2, -0.15) is 0 Å². The fraction of sp³-hybridized carbons (Fsp3) is 0.500. The maximum atomic E-state index is 13.0. The van der Waals surface area contributed by atoms with Crippen molar-refractivity contribution in [3.63, 3.8) is 0 Å². The SMILES string of the molecule is CC(=O)C1=C(OCc2ccccc2)[C@@H]2Oc3c(C)ccc4c3[C@@]23CCN(CC2CC2)[C@H](C4)[C@]3(O)C1. The number of ketones is 1. The topological polar surface area (TPSA) is 59.0 Å². The van der Waals surface area contributed by atoms with E-state index in [-0.39, 0.29) is 11.8 Å². The molecule has 0 amide bonds. The molecule has 2 aromatic carbocycles. The van der Waals surface area contributed by atoms with E-state index >= 15 is 0 Å². The molecule has 1 saturated carbocycles. The van der Waals surface area contributed by atoms with Gasteiger partial charge in [0.25, 0.3) is 0 Å². The van der Waals surface area contributed by atoms with Gasteiger partial charge in [-0.05, 0) is 68.7 Å². The number of benzene rings is 2. The minimum Gasteiger partial charge on any atom is -0.489 e. The van der Waals surface area contributed by atoms with E-state index in [2.05, 4.69) is 24.0 Å². The molecule has 4 atom stereocenters. The number of hydrogen-bond donors (Lipinski definition) is 1. The van der Waals surface area contributed by atoms with Crippen LogP contribution in [0.25, 0.3) is 0 Å². The molecule has 1 spiro atoms. The molecule has 2 aliphatic heterocycles. The summed E-state index contributed by atoms with van der Waals surface area (Å²) in [5.74, 6) is 2.23. The van der Waals surface area contributed by atoms with E-state index in [1.165, 1.54) is 24.0 Å². The first-order valence-electron chi connectivity index (χ1n) is 13.1. The van der Waals surface area contributed by atoms with Crippen molar-refractivity contribution in [2.45, 2.75) is 75.7 Å². The smallest absolute Gasteiger partial charge is 0.168 e. The van der Waals surface area contributed by atoms with Crippen molar-refractivity contribution < 1.29 is 19.4 Å². The van der Waals surface area contributed by atoms with Gasteiger partial charge in [-0.25, -0.2) is 0 Å². The second-order valence-corrected chi connectivity index (χ2v) is 11.4. The summed E-state index contributed by atoms with van der Waals surface area (Å²) < 4.78 is 13.3. The van der Waals surface area contributed by atoms with E-state index in [1.54, 1.807) is 6.92 Å². The molecular formula is C30H33NO4. The number of rotatable bonds is 6. The number of hydrogen-bond acceptors (Lipinski definition) is 5. The van der Waals surface area contributed by atoms with Crippen LogP contribution in [-0.2, 0) is 28.0 Å². The predicted octanol–water partition coefficient (Wildman–Crippen LogP) is 4.23. The van der Waals surface area contributed by atoms with Crippen molar-refractivity contribution >= 4 is 5.78 Å². The molecular weight excluding hydrogens is 438 g/mol. The maximum Gasteiger partial charge on any atom is 0.168 e. The number of aliphatic hydroxyl groups is 1. The number of likely N-dealkylation sites (tertiary alicyclic amines) is 1. The third-order valence-corrected chi connectivity index (χ3v) is 9.38. The maximum absolute atomic E-state index is 13.0. The molecule has 5 heteroatoms. The van der Waals surface area contributed by atoms with Gasteiger partial charge in [-0.15, -0.1) is 0 Å². The van der Waals surface area contributed by atoms with Gasteiger partial charge in [0.1, 0.15) is 18.1 Å². The van der Waals surface area contributed by atoms with Crippen LogP contribution < -0.4 is 4.74 Å². The third kappa shape index (κ3) is 2.91. The van der Waals surface area contributed by atoms with Crippen molar-refractivity contribution in [3.05, 3.63) is 76.1 Å². The molecule has 1 saturated heterocycles. The van der Waals surface area contributed by atoms with Crippen molar-refractivity contribution in [2.75, 3.05) is 13.1 Å². The average molecular weight is 472 g/mol. The lowest BCUT2D eigenvalue weighted by molar-refractivity contribution is -0.174. The third-order valence-electron chi connectivity index (χ3n) is 9.38. The van der Waals surface area contributed by atoms with Crippen molar-refractivity contribution in [2.24, 2.45) is 5.92 Å². The summed E-state index contributed by atoms with van der Waals surface area (Å²) in [6.45, 7) is 6.04. The van der Waals surface area contributed by atoms with Gasteiger partial charge in [0.15, 0.2) is 11.9 Å². The van der Waals surface area contributed by atoms with Gasteiger partial charge >= 0.3 is 0 Å². The van der Waals surface area contributed by atoms with Crippen LogP contribution in [0.2, 0.25) is 0 Å². The molecule has 7 rings (SSSR count). The molecule has 2 heterocycles. The van der Waals surface area contributed by atoms with E-state index in [0.717, 1.165) is 48.7 Å². The van der Waals surface area contributed by atoms with E-state index in [0.29, 0.717) is 24.4 Å². The number of carbonyl (C=O) groups is 1. The molecule has 0 unspecified atom stereocenters. The van der Waals surface area contributed by atoms with Crippen LogP contribution in [-0.4, -0.2) is 46.6 Å². The Morgan fingerprint density at radius 3 is 2.74 bits per heavy atom. The zero-order chi connectivity index (χ0) is 23.9. The first-order chi connectivity index (χ1) is 16.9. The van der Waals surface area contributed by atoms with E-state index < -0.39 is 17.1 Å². The summed E-state index contributed by atoms with van der Waals surface area (Å²) in [5.41, 5.74) is 3.55. The zero-order valence-electron chi connectivity index (χ0n) is 20.5. The van der Waals surface area contributed by atoms with Crippen molar-refractivity contribution in [1.82, 2.24) is 4.90 Å². The number of ether oxygens (including phenoxy) is 2. The summed E-state index contributed by atoms with van der Waals surface area (Å²) in [6, 6.07) is 14.4. The van der Waals surface area contributed by atoms with Crippen LogP contribution in [0.4, 0.5) is 0 Å². The van der Waals surface area contributed by atoms with Gasteiger partial charge < -0.3 is 14.6 Å². The zero-order valence-corrected chi connectivity index (χ0v) is 20.5. The quantitative estimate of drug-likeness (QED) is 0.683. The molecule has 0 radical (unpaired) electrons. The molecule has 1 N–H and O–H groups in total. The van der Waals surface area contributed by atoms with Crippen LogP contribution in [0.3, 0.4) is 0 Å². The monoisotopic (exact) mass is 471 g/mol. The normalized spacial score (nSPS) is 32.8. The van der Waals surface area contributed by atoms with Gasteiger partial charge in [-0.1, -0.05) is 42.5 Å². The highest BCUT2D eigenvalue weighted by Crippen LogP contribution is 2.65. The Labute approximate surface area is 206 Å². The minimum absolute atomic E-state index is 0.0193. The fourth-order valence-corrected chi connectivity index (χ4v) is 7.50. The molecule has 182 valence electrons. The van der Waals surface area contributed by atoms with Crippen LogP contribution in [0.15, 0.2) is 53.8 Å². The average Bonchev–Trinajstić information content (AvgIpc) is 3.59. The Kier molecular flexibility index (Phi) is 4.60.